The molecule has 4 aromatic carbocycles. The zero-order chi connectivity index (χ0) is 76.2. The van der Waals surface area contributed by atoms with Crippen molar-refractivity contribution in [3.63, 3.8) is 0 Å². The van der Waals surface area contributed by atoms with Crippen LogP contribution in [-0.4, -0.2) is 316 Å². The van der Waals surface area contributed by atoms with E-state index in [4.69, 9.17) is 44.6 Å². The first-order valence-electron chi connectivity index (χ1n) is 34.2. The van der Waals surface area contributed by atoms with Crippen molar-refractivity contribution in [3.8, 4) is 11.5 Å². The molecule has 0 radical (unpaired) electrons. The van der Waals surface area contributed by atoms with E-state index in [-0.39, 0.29) is 36.4 Å². The molecule has 6 aliphatic heterocycles. The zero-order valence-electron chi connectivity index (χ0n) is 57.1. The van der Waals surface area contributed by atoms with Gasteiger partial charge in [-0.2, -0.15) is 0 Å². The molecular weight excluding hydrogens is 1400 g/mol. The number of rotatable bonds is 23. The van der Waals surface area contributed by atoms with Crippen molar-refractivity contribution in [2.45, 2.75) is 179 Å². The Morgan fingerprint density at radius 3 is 1.82 bits per heavy atom. The highest BCUT2D eigenvalue weighted by Gasteiger charge is 2.55. The first-order valence-corrected chi connectivity index (χ1v) is 34.2. The summed E-state index contributed by atoms with van der Waals surface area (Å²) in [5, 5.41) is 184. The lowest BCUT2D eigenvalue weighted by Crippen LogP contribution is -2.80. The molecule has 0 bridgehead atoms. The largest absolute Gasteiger partial charge is 0.858 e. The molecule has 4 aromatic rings. The van der Waals surface area contributed by atoms with Crippen molar-refractivity contribution in [1.82, 2.24) is 31.9 Å². The van der Waals surface area contributed by atoms with E-state index in [9.17, 15) is 86.2 Å². The SMILES string of the molecule is C[C@H](c1ccccc1)[C@@H]1N=C([O-])C[NH+]=C(O)[C@H](CO)NC(=O)[C@@H]([C@H](O)[C@@H]2CNC(N)=[N+]2[C@@H]2O[C@@H](CO)[C@H](O)[C@H](O)[C@@H]2O)NC(=O)[C@H]([C@H](O)[C@@H]2C[NH+]=C(N)N2)NC(=O)[C@@H](Cc2ccc(O[C@@H]3O[C@H](CO)[C@H](O[C@@H]4O[C@@H](CO)[C@H](O)[C@H](O)[C@@H]4OCc4ccc(OCc5ccccc5)cc4)[C@@H](O)[C@H]3O)cc2)NC1=O. The molecule has 4 amide bonds. The van der Waals surface area contributed by atoms with Crippen molar-refractivity contribution in [1.29, 1.82) is 0 Å². The molecule has 0 spiro atoms. The second kappa shape index (κ2) is 36.1. The lowest BCUT2D eigenvalue weighted by molar-refractivity contribution is -0.663. The minimum absolute atomic E-state index is 0.0621. The fourth-order valence-corrected chi connectivity index (χ4v) is 13.1. The fraction of sp³-hybridized carbons (Fsp3) is 0.529. The number of aliphatic hydroxyl groups excluding tert-OH is 14. The molecule has 0 aromatic heterocycles. The van der Waals surface area contributed by atoms with E-state index >= 15 is 9.59 Å². The van der Waals surface area contributed by atoms with E-state index in [0.29, 0.717) is 23.5 Å². The third-order valence-electron chi connectivity index (χ3n) is 19.2. The van der Waals surface area contributed by atoms with Gasteiger partial charge in [0.05, 0.1) is 39.6 Å². The van der Waals surface area contributed by atoms with E-state index in [2.05, 4.69) is 46.9 Å². The number of carbonyl (C=O) groups is 4. The quantitative estimate of drug-likeness (QED) is 0.0307. The van der Waals surface area contributed by atoms with E-state index in [1.807, 2.05) is 30.3 Å². The number of aliphatic hydroxyl groups is 14. The molecule has 578 valence electrons. The number of hydrogen-bond acceptors (Lipinski definition) is 30. The zero-order valence-corrected chi connectivity index (χ0v) is 57.1. The van der Waals surface area contributed by atoms with E-state index in [1.165, 1.54) is 24.3 Å². The Labute approximate surface area is 605 Å². The molecule has 3 fully saturated rings. The van der Waals surface area contributed by atoms with Gasteiger partial charge in [0.1, 0.15) is 146 Å². The number of hydrogen-bond donors (Lipinski definition) is 24. The summed E-state index contributed by atoms with van der Waals surface area (Å²) in [7, 11) is 0. The summed E-state index contributed by atoms with van der Waals surface area (Å²) in [6.07, 6.45) is -30.8. The lowest BCUT2D eigenvalue weighted by atomic mass is 9.92. The first kappa shape index (κ1) is 79.7. The van der Waals surface area contributed by atoms with Gasteiger partial charge >= 0.3 is 17.8 Å². The number of nitrogens with zero attached hydrogens (tertiary/aromatic N) is 2. The molecule has 0 unspecified atom stereocenters. The number of nitrogens with two attached hydrogens (primary N) is 2. The molecule has 6 heterocycles. The topological polar surface area (TPSA) is 607 Å². The van der Waals surface area contributed by atoms with Gasteiger partial charge < -0.3 is 131 Å². The van der Waals surface area contributed by atoms with Crippen LogP contribution < -0.4 is 67.9 Å². The van der Waals surface area contributed by atoms with Gasteiger partial charge in [-0.25, -0.2) is 9.57 Å². The van der Waals surface area contributed by atoms with E-state index < -0.39 is 234 Å². The Balaban J connectivity index is 0.908. The molecule has 0 saturated carbocycles. The van der Waals surface area contributed by atoms with Crippen LogP contribution in [0.5, 0.6) is 11.5 Å². The standard InChI is InChI=1S/C68H90N12O26/c1-30(34-10-6-3-7-11-34)45-61(97)74-37(20-31-12-18-36(19-13-31)102-65-56(94)54(92)57(43(27-84)105-65)106-66-58(53(91)51(89)42(26-83)104-66)101-29-33-14-16-35(17-15-33)100-28-32-8-4-2-5-9-32)60(96)78-46(48(86)38-21-72-67(69)76-38)63(99)79-47(62(98)75-39(24-81)59(95)71-23-44(85)77-45)49(87)40-22-73-68(70)80(40)64-55(93)52(90)50(88)41(25-82)103-64/h2-19,30,37-43,45-58,64-66,81-84,86-94H,20-29H2,1H3,(H11,69,70,71,72,73,74,75,76,77,78,79,85,95,96,97,98,99)/p+2/t30-,37-,38+,39+,40+,41+,42+,43-,45+,46+,47-,48-,49-,50+,51+,52+,53+,54+,55+,56-,57+,58+,64-,65-,66+/m1/s1. The van der Waals surface area contributed by atoms with E-state index in [1.54, 1.807) is 61.5 Å². The summed E-state index contributed by atoms with van der Waals surface area (Å²) in [6.45, 7) is -3.47. The molecular formula is C68H92N12O26+2. The number of aliphatic imine (C=N–C) groups is 1. The normalized spacial score (nSPS) is 33.8. The number of nitrogens with one attached hydrogen (secondary N) is 8. The third kappa shape index (κ3) is 18.7. The predicted octanol–water partition coefficient (Wildman–Crippen LogP) is -13.9. The summed E-state index contributed by atoms with van der Waals surface area (Å²) in [5.41, 5.74) is 14.6. The first-order chi connectivity index (χ1) is 50.8. The Kier molecular flexibility index (Phi) is 27.2. The van der Waals surface area contributed by atoms with Gasteiger partial charge in [-0.1, -0.05) is 91.9 Å². The Hall–Kier alpha value is -8.88. The van der Waals surface area contributed by atoms with Crippen molar-refractivity contribution in [2.24, 2.45) is 16.5 Å². The Bertz CT molecular complexity index is 3720. The number of guanidine groups is 2. The van der Waals surface area contributed by atoms with Gasteiger partial charge in [0.2, 0.25) is 36.1 Å². The summed E-state index contributed by atoms with van der Waals surface area (Å²) >= 11 is 0. The van der Waals surface area contributed by atoms with Crippen LogP contribution in [0.25, 0.3) is 0 Å². The average molecular weight is 1490 g/mol. The number of benzene rings is 4. The van der Waals surface area contributed by atoms with Crippen LogP contribution in [0.2, 0.25) is 0 Å². The Morgan fingerprint density at radius 1 is 0.594 bits per heavy atom. The maximum Gasteiger partial charge on any atom is 0.358 e. The Morgan fingerprint density at radius 2 is 1.17 bits per heavy atom. The van der Waals surface area contributed by atoms with Gasteiger partial charge in [-0.05, 0) is 46.5 Å². The van der Waals surface area contributed by atoms with Gasteiger partial charge in [0.15, 0.2) is 18.9 Å². The van der Waals surface area contributed by atoms with Gasteiger partial charge in [0, 0.05) is 18.2 Å². The highest BCUT2D eigenvalue weighted by molar-refractivity contribution is 5.97. The minimum atomic E-state index is -2.31. The van der Waals surface area contributed by atoms with Crippen LogP contribution in [0.1, 0.15) is 35.1 Å². The second-order valence-corrected chi connectivity index (χ2v) is 26.3. The smallest absolute Gasteiger partial charge is 0.358 e. The number of ether oxygens (including phenoxy) is 7. The fourth-order valence-electron chi connectivity index (χ4n) is 13.1. The molecule has 3 saturated heterocycles. The number of amides is 4. The molecule has 10 rings (SSSR count). The minimum Gasteiger partial charge on any atom is -0.858 e. The molecule has 38 nitrogen and oxygen atoms in total. The average Bonchev–Trinajstić information content (AvgIpc) is 1.57. The summed E-state index contributed by atoms with van der Waals surface area (Å²) in [4.78, 5) is 69.4. The summed E-state index contributed by atoms with van der Waals surface area (Å²) in [6, 6.07) is 17.4. The lowest BCUT2D eigenvalue weighted by Gasteiger charge is -2.46. The summed E-state index contributed by atoms with van der Waals surface area (Å²) < 4.78 is 42.6. The molecule has 38 heteroatoms. The van der Waals surface area contributed by atoms with Crippen LogP contribution in [-0.2, 0) is 62.5 Å². The maximum atomic E-state index is 15.3. The molecule has 6 aliphatic rings. The van der Waals surface area contributed by atoms with Crippen molar-refractivity contribution >= 4 is 47.3 Å². The van der Waals surface area contributed by atoms with Crippen LogP contribution in [0.3, 0.4) is 0 Å². The van der Waals surface area contributed by atoms with Crippen molar-refractivity contribution in [3.05, 3.63) is 131 Å². The highest BCUT2D eigenvalue weighted by atomic mass is 16.7. The molecule has 0 aliphatic carbocycles. The highest BCUT2D eigenvalue weighted by Crippen LogP contribution is 2.33. The molecule has 26 N–H and O–H groups in total. The van der Waals surface area contributed by atoms with Crippen LogP contribution in [0.4, 0.5) is 0 Å². The van der Waals surface area contributed by atoms with E-state index in [0.717, 1.165) is 10.1 Å². The van der Waals surface area contributed by atoms with Gasteiger partial charge in [-0.3, -0.25) is 51.3 Å². The maximum absolute atomic E-state index is 15.3. The second-order valence-electron chi connectivity index (χ2n) is 26.3. The number of carbonyl (C=O) groups excluding carboxylic acids is 4. The van der Waals surface area contributed by atoms with Crippen LogP contribution >= 0.6 is 0 Å². The van der Waals surface area contributed by atoms with Crippen molar-refractivity contribution in [2.75, 3.05) is 46.1 Å². The van der Waals surface area contributed by atoms with Gasteiger partial charge in [-0.15, -0.1) is 0 Å². The van der Waals surface area contributed by atoms with Gasteiger partial charge in [0.25, 0.3) is 0 Å². The van der Waals surface area contributed by atoms with Crippen LogP contribution in [0, 0.1) is 0 Å². The third-order valence-corrected chi connectivity index (χ3v) is 19.2. The monoisotopic (exact) mass is 1490 g/mol. The van der Waals surface area contributed by atoms with Crippen molar-refractivity contribution < 1.29 is 143 Å². The molecule has 106 heavy (non-hydrogen) atoms. The van der Waals surface area contributed by atoms with Crippen LogP contribution in [0.15, 0.2) is 114 Å². The predicted molar refractivity (Wildman–Crippen MR) is 360 cm³/mol. The molecule has 25 atom stereocenters. The summed E-state index contributed by atoms with van der Waals surface area (Å²) in [5.74, 6) is -7.99.